The lowest BCUT2D eigenvalue weighted by atomic mass is 10.1. The smallest absolute Gasteiger partial charge is 0.395 e. The van der Waals surface area contributed by atoms with Crippen molar-refractivity contribution in [3.63, 3.8) is 0 Å². The van der Waals surface area contributed by atoms with Gasteiger partial charge in [-0.3, -0.25) is 4.90 Å². The molecule has 6 nitrogen and oxygen atoms in total. The van der Waals surface area contributed by atoms with E-state index in [2.05, 4.69) is 25.1 Å². The third kappa shape index (κ3) is 5.30. The number of nitrogens with one attached hydrogen (secondary N) is 1. The third-order valence-electron chi connectivity index (χ3n) is 4.93. The molecule has 1 aliphatic heterocycles. The summed E-state index contributed by atoms with van der Waals surface area (Å²) < 4.78 is 39.3. The third-order valence-corrected chi connectivity index (χ3v) is 4.93. The fraction of sp³-hybridized carbons (Fsp3) is 0.579. The molecule has 28 heavy (non-hydrogen) atoms. The molecule has 1 fully saturated rings. The largest absolute Gasteiger partial charge is 0.451 e. The van der Waals surface area contributed by atoms with Crippen LogP contribution in [0.25, 0.3) is 10.9 Å². The van der Waals surface area contributed by atoms with Crippen molar-refractivity contribution in [1.29, 1.82) is 0 Å². The summed E-state index contributed by atoms with van der Waals surface area (Å²) in [7, 11) is 0. The number of rotatable bonds is 7. The number of halogens is 3. The summed E-state index contributed by atoms with van der Waals surface area (Å²) >= 11 is 0. The van der Waals surface area contributed by atoms with E-state index < -0.39 is 12.0 Å². The molecule has 154 valence electrons. The van der Waals surface area contributed by atoms with Crippen molar-refractivity contribution in [2.45, 2.75) is 19.5 Å². The number of benzene rings is 1. The molecule has 0 unspecified atom stereocenters. The SMILES string of the molecule is Cc1ccc2nc(C(F)(F)F)nc(NCCCN3CCN(CCO)CC3)c2c1. The lowest BCUT2D eigenvalue weighted by molar-refractivity contribution is -0.144. The number of hydrogen-bond acceptors (Lipinski definition) is 6. The molecule has 1 aliphatic rings. The van der Waals surface area contributed by atoms with Crippen molar-refractivity contribution in [1.82, 2.24) is 19.8 Å². The topological polar surface area (TPSA) is 64.5 Å². The van der Waals surface area contributed by atoms with E-state index in [-0.39, 0.29) is 17.9 Å². The molecule has 0 spiro atoms. The first-order valence-corrected chi connectivity index (χ1v) is 9.52. The summed E-state index contributed by atoms with van der Waals surface area (Å²) in [6.07, 6.45) is -3.78. The highest BCUT2D eigenvalue weighted by atomic mass is 19.4. The van der Waals surface area contributed by atoms with Crippen LogP contribution in [0.1, 0.15) is 17.8 Å². The van der Waals surface area contributed by atoms with E-state index in [1.54, 1.807) is 18.2 Å². The number of aliphatic hydroxyl groups is 1. The Hall–Kier alpha value is -1.97. The average molecular weight is 397 g/mol. The Bertz CT molecular complexity index is 791. The van der Waals surface area contributed by atoms with Crippen molar-refractivity contribution in [3.8, 4) is 0 Å². The first-order valence-electron chi connectivity index (χ1n) is 9.52. The maximum absolute atomic E-state index is 13.1. The second kappa shape index (κ2) is 9.02. The second-order valence-electron chi connectivity index (χ2n) is 7.10. The number of aromatic nitrogens is 2. The van der Waals surface area contributed by atoms with Gasteiger partial charge in [0.2, 0.25) is 5.82 Å². The van der Waals surface area contributed by atoms with Gasteiger partial charge >= 0.3 is 6.18 Å². The molecule has 1 saturated heterocycles. The number of aliphatic hydroxyl groups excluding tert-OH is 1. The van der Waals surface area contributed by atoms with Crippen LogP contribution in [0.5, 0.6) is 0 Å². The van der Waals surface area contributed by atoms with Gasteiger partial charge in [0.15, 0.2) is 0 Å². The van der Waals surface area contributed by atoms with E-state index >= 15 is 0 Å². The lowest BCUT2D eigenvalue weighted by Crippen LogP contribution is -2.47. The molecule has 0 radical (unpaired) electrons. The summed E-state index contributed by atoms with van der Waals surface area (Å²) in [6, 6.07) is 5.15. The molecule has 0 saturated carbocycles. The van der Waals surface area contributed by atoms with Gasteiger partial charge in [-0.1, -0.05) is 11.6 Å². The van der Waals surface area contributed by atoms with Gasteiger partial charge in [0.05, 0.1) is 12.1 Å². The van der Waals surface area contributed by atoms with Crippen LogP contribution in [0.4, 0.5) is 19.0 Å². The summed E-state index contributed by atoms with van der Waals surface area (Å²) in [5.41, 5.74) is 1.23. The van der Waals surface area contributed by atoms with Crippen LogP contribution < -0.4 is 5.32 Å². The molecule has 0 amide bonds. The summed E-state index contributed by atoms with van der Waals surface area (Å²) in [5.74, 6) is -0.889. The Morgan fingerprint density at radius 3 is 2.39 bits per heavy atom. The molecule has 0 atom stereocenters. The van der Waals surface area contributed by atoms with E-state index in [0.29, 0.717) is 18.5 Å². The van der Waals surface area contributed by atoms with Crippen LogP contribution in [-0.2, 0) is 6.18 Å². The second-order valence-corrected chi connectivity index (χ2v) is 7.10. The van der Waals surface area contributed by atoms with Gasteiger partial charge in [-0.2, -0.15) is 13.2 Å². The molecular formula is C19H26F3N5O. The van der Waals surface area contributed by atoms with Crippen LogP contribution in [0.2, 0.25) is 0 Å². The zero-order valence-corrected chi connectivity index (χ0v) is 16.0. The Morgan fingerprint density at radius 1 is 1.07 bits per heavy atom. The quantitative estimate of drug-likeness (QED) is 0.700. The minimum absolute atomic E-state index is 0.177. The van der Waals surface area contributed by atoms with E-state index in [4.69, 9.17) is 5.11 Å². The number of fused-ring (bicyclic) bond motifs is 1. The van der Waals surface area contributed by atoms with E-state index in [1.165, 1.54) is 0 Å². The van der Waals surface area contributed by atoms with Crippen LogP contribution in [0, 0.1) is 6.92 Å². The Kier molecular flexibility index (Phi) is 6.69. The predicted molar refractivity (Wildman–Crippen MR) is 102 cm³/mol. The Morgan fingerprint density at radius 2 is 1.75 bits per heavy atom. The van der Waals surface area contributed by atoms with Gasteiger partial charge in [0.25, 0.3) is 0 Å². The molecule has 0 bridgehead atoms. The van der Waals surface area contributed by atoms with Crippen LogP contribution in [0.15, 0.2) is 18.2 Å². The zero-order valence-electron chi connectivity index (χ0n) is 16.0. The summed E-state index contributed by atoms with van der Waals surface area (Å²) in [4.78, 5) is 12.0. The number of piperazine rings is 1. The Labute approximate surface area is 162 Å². The minimum Gasteiger partial charge on any atom is -0.395 e. The van der Waals surface area contributed by atoms with Gasteiger partial charge in [-0.05, 0) is 32.0 Å². The fourth-order valence-electron chi connectivity index (χ4n) is 3.39. The highest BCUT2D eigenvalue weighted by Gasteiger charge is 2.35. The zero-order chi connectivity index (χ0) is 20.1. The van der Waals surface area contributed by atoms with Crippen molar-refractivity contribution in [2.24, 2.45) is 0 Å². The molecule has 0 aliphatic carbocycles. The van der Waals surface area contributed by atoms with E-state index in [9.17, 15) is 13.2 Å². The molecule has 2 aromatic rings. The molecular weight excluding hydrogens is 371 g/mol. The molecule has 2 N–H and O–H groups in total. The molecule has 2 heterocycles. The number of alkyl halides is 3. The summed E-state index contributed by atoms with van der Waals surface area (Å²) in [6.45, 7) is 7.91. The molecule has 1 aromatic heterocycles. The van der Waals surface area contributed by atoms with Crippen LogP contribution in [0.3, 0.4) is 0 Å². The van der Waals surface area contributed by atoms with Gasteiger partial charge in [0.1, 0.15) is 5.82 Å². The number of anilines is 1. The van der Waals surface area contributed by atoms with E-state index in [1.807, 2.05) is 6.92 Å². The molecule has 1 aromatic carbocycles. The maximum Gasteiger partial charge on any atom is 0.451 e. The van der Waals surface area contributed by atoms with Crippen LogP contribution in [-0.4, -0.2) is 77.3 Å². The minimum atomic E-state index is -4.58. The standard InChI is InChI=1S/C19H26F3N5O/c1-14-3-4-16-15(13-14)17(25-18(24-16)19(20,21)22)23-5-2-6-26-7-9-27(10-8-26)11-12-28/h3-4,13,28H,2,5-12H2,1H3,(H,23,24,25). The monoisotopic (exact) mass is 397 g/mol. The van der Waals surface area contributed by atoms with Crippen molar-refractivity contribution in [3.05, 3.63) is 29.6 Å². The van der Waals surface area contributed by atoms with Crippen molar-refractivity contribution < 1.29 is 18.3 Å². The fourth-order valence-corrected chi connectivity index (χ4v) is 3.39. The average Bonchev–Trinajstić information content (AvgIpc) is 2.66. The maximum atomic E-state index is 13.1. The number of aryl methyl sites for hydroxylation is 1. The first kappa shape index (κ1) is 20.8. The normalized spacial score (nSPS) is 16.6. The van der Waals surface area contributed by atoms with Gasteiger partial charge < -0.3 is 15.3 Å². The number of nitrogens with zero attached hydrogens (tertiary/aromatic N) is 4. The first-order chi connectivity index (χ1) is 13.4. The lowest BCUT2D eigenvalue weighted by Gasteiger charge is -2.34. The van der Waals surface area contributed by atoms with E-state index in [0.717, 1.165) is 44.7 Å². The number of β-amino-alcohol motifs (C(OH)–C–C–N with tert-alkyl or cyclic N) is 1. The molecule has 3 rings (SSSR count). The van der Waals surface area contributed by atoms with Gasteiger partial charge in [-0.15, -0.1) is 0 Å². The van der Waals surface area contributed by atoms with Gasteiger partial charge in [0, 0.05) is 44.7 Å². The van der Waals surface area contributed by atoms with Crippen molar-refractivity contribution >= 4 is 16.7 Å². The highest BCUT2D eigenvalue weighted by Crippen LogP contribution is 2.30. The number of hydrogen-bond donors (Lipinski definition) is 2. The Balaban J connectivity index is 1.60. The predicted octanol–water partition coefficient (Wildman–Crippen LogP) is 2.37. The molecule has 9 heteroatoms. The summed E-state index contributed by atoms with van der Waals surface area (Å²) in [5, 5.41) is 12.7. The van der Waals surface area contributed by atoms with Crippen molar-refractivity contribution in [2.75, 3.05) is 57.7 Å². The highest BCUT2D eigenvalue weighted by molar-refractivity contribution is 5.89. The van der Waals surface area contributed by atoms with Crippen LogP contribution >= 0.6 is 0 Å². The van der Waals surface area contributed by atoms with Gasteiger partial charge in [-0.25, -0.2) is 9.97 Å².